The van der Waals surface area contributed by atoms with Crippen LogP contribution in [-0.4, -0.2) is 55.6 Å². The molecule has 0 bridgehead atoms. The second-order valence-electron chi connectivity index (χ2n) is 6.18. The zero-order valence-electron chi connectivity index (χ0n) is 15.9. The molecule has 0 aliphatic carbocycles. The molecule has 28 heavy (non-hydrogen) atoms. The van der Waals surface area contributed by atoms with E-state index >= 15 is 0 Å². The molecule has 2 rings (SSSR count). The number of carbonyl (C=O) groups excluding carboxylic acids is 2. The standard InChI is InChI=1S/C20H22N2O6/c1-22(2)18(23)12-28-17-7-5-4-6-16(17)19(24)21-15-9-13(11-27-3)8-14(10-15)20(25)26/h4-10H,11-12H2,1-3H3,(H,21,24)(H,25,26). The highest BCUT2D eigenvalue weighted by Crippen LogP contribution is 2.22. The van der Waals surface area contributed by atoms with E-state index in [1.807, 2.05) is 0 Å². The first kappa shape index (κ1) is 20.9. The summed E-state index contributed by atoms with van der Waals surface area (Å²) in [4.78, 5) is 37.1. The number of hydrogen-bond donors (Lipinski definition) is 2. The SMILES string of the molecule is COCc1cc(NC(=O)c2ccccc2OCC(=O)N(C)C)cc(C(=O)O)c1. The summed E-state index contributed by atoms with van der Waals surface area (Å²) in [6.07, 6.45) is 0. The van der Waals surface area contributed by atoms with Crippen LogP contribution in [0.2, 0.25) is 0 Å². The lowest BCUT2D eigenvalue weighted by Crippen LogP contribution is -2.28. The molecule has 0 saturated carbocycles. The quantitative estimate of drug-likeness (QED) is 0.721. The number of carbonyl (C=O) groups is 3. The number of para-hydroxylation sites is 1. The fourth-order valence-corrected chi connectivity index (χ4v) is 2.38. The Morgan fingerprint density at radius 2 is 1.82 bits per heavy atom. The van der Waals surface area contributed by atoms with Crippen LogP contribution >= 0.6 is 0 Å². The maximum atomic E-state index is 12.7. The molecule has 0 saturated heterocycles. The molecule has 2 amide bonds. The van der Waals surface area contributed by atoms with Crippen molar-refractivity contribution in [1.82, 2.24) is 4.90 Å². The Hall–Kier alpha value is -3.39. The molecule has 0 unspecified atom stereocenters. The van der Waals surface area contributed by atoms with Crippen LogP contribution < -0.4 is 10.1 Å². The second kappa shape index (κ2) is 9.52. The van der Waals surface area contributed by atoms with Crippen LogP contribution in [0.1, 0.15) is 26.3 Å². The van der Waals surface area contributed by atoms with Crippen molar-refractivity contribution >= 4 is 23.5 Å². The van der Waals surface area contributed by atoms with Crippen LogP contribution in [0.25, 0.3) is 0 Å². The van der Waals surface area contributed by atoms with E-state index in [-0.39, 0.29) is 36.0 Å². The Labute approximate surface area is 162 Å². The van der Waals surface area contributed by atoms with Crippen molar-refractivity contribution in [3.05, 3.63) is 59.2 Å². The number of anilines is 1. The Balaban J connectivity index is 2.23. The number of carboxylic acids is 1. The van der Waals surface area contributed by atoms with Gasteiger partial charge in [-0.25, -0.2) is 4.79 Å². The minimum Gasteiger partial charge on any atom is -0.483 e. The number of amides is 2. The first-order valence-electron chi connectivity index (χ1n) is 8.41. The molecule has 0 spiro atoms. The number of hydrogen-bond acceptors (Lipinski definition) is 5. The highest BCUT2D eigenvalue weighted by Gasteiger charge is 2.16. The average molecular weight is 386 g/mol. The van der Waals surface area contributed by atoms with E-state index in [2.05, 4.69) is 5.32 Å². The van der Waals surface area contributed by atoms with Gasteiger partial charge in [-0.15, -0.1) is 0 Å². The Morgan fingerprint density at radius 3 is 2.46 bits per heavy atom. The molecule has 0 aromatic heterocycles. The van der Waals surface area contributed by atoms with Crippen molar-refractivity contribution in [2.24, 2.45) is 0 Å². The minimum atomic E-state index is -1.11. The van der Waals surface area contributed by atoms with Gasteiger partial charge in [0.15, 0.2) is 6.61 Å². The summed E-state index contributed by atoms with van der Waals surface area (Å²) in [5, 5.41) is 11.9. The summed E-state index contributed by atoms with van der Waals surface area (Å²) >= 11 is 0. The van der Waals surface area contributed by atoms with Crippen LogP contribution in [0, 0.1) is 0 Å². The predicted molar refractivity (Wildman–Crippen MR) is 103 cm³/mol. The summed E-state index contributed by atoms with van der Waals surface area (Å²) in [5.74, 6) is -1.59. The Morgan fingerprint density at radius 1 is 1.11 bits per heavy atom. The monoisotopic (exact) mass is 386 g/mol. The number of methoxy groups -OCH3 is 1. The zero-order valence-corrected chi connectivity index (χ0v) is 15.9. The first-order chi connectivity index (χ1) is 13.3. The predicted octanol–water partition coefficient (Wildman–Crippen LogP) is 2.25. The van der Waals surface area contributed by atoms with Crippen molar-refractivity contribution in [3.63, 3.8) is 0 Å². The number of carboxylic acid groups (broad SMARTS) is 1. The molecule has 0 aliphatic heterocycles. The number of benzene rings is 2. The van der Waals surface area contributed by atoms with Crippen molar-refractivity contribution in [3.8, 4) is 5.75 Å². The molecule has 0 aliphatic rings. The summed E-state index contributed by atoms with van der Waals surface area (Å²) < 4.78 is 10.5. The third-order valence-corrected chi connectivity index (χ3v) is 3.79. The van der Waals surface area contributed by atoms with Crippen LogP contribution in [0.4, 0.5) is 5.69 Å². The fraction of sp³-hybridized carbons (Fsp3) is 0.250. The molecule has 2 aromatic carbocycles. The number of nitrogens with one attached hydrogen (secondary N) is 1. The van der Waals surface area contributed by atoms with E-state index in [0.717, 1.165) is 0 Å². The van der Waals surface area contributed by atoms with Gasteiger partial charge in [0, 0.05) is 26.9 Å². The van der Waals surface area contributed by atoms with Crippen LogP contribution in [0.5, 0.6) is 5.75 Å². The zero-order chi connectivity index (χ0) is 20.7. The van der Waals surface area contributed by atoms with Crippen molar-refractivity contribution in [2.75, 3.05) is 33.1 Å². The summed E-state index contributed by atoms with van der Waals surface area (Å²) in [6.45, 7) is 0.000114. The van der Waals surface area contributed by atoms with Crippen LogP contribution in [-0.2, 0) is 16.1 Å². The third-order valence-electron chi connectivity index (χ3n) is 3.79. The topological polar surface area (TPSA) is 105 Å². The third kappa shape index (κ3) is 5.55. The van der Waals surface area contributed by atoms with E-state index in [0.29, 0.717) is 11.3 Å². The molecule has 8 heteroatoms. The van der Waals surface area contributed by atoms with Gasteiger partial charge in [-0.05, 0) is 35.9 Å². The molecule has 0 fully saturated rings. The highest BCUT2D eigenvalue weighted by atomic mass is 16.5. The van der Waals surface area contributed by atoms with E-state index in [1.54, 1.807) is 44.4 Å². The average Bonchev–Trinajstić information content (AvgIpc) is 2.66. The van der Waals surface area contributed by atoms with Crippen molar-refractivity contribution < 1.29 is 29.0 Å². The van der Waals surface area contributed by atoms with E-state index < -0.39 is 11.9 Å². The molecule has 0 atom stereocenters. The number of ether oxygens (including phenoxy) is 2. The maximum Gasteiger partial charge on any atom is 0.335 e. The van der Waals surface area contributed by atoms with Gasteiger partial charge in [-0.1, -0.05) is 12.1 Å². The molecule has 2 aromatic rings. The smallest absolute Gasteiger partial charge is 0.335 e. The van der Waals surface area contributed by atoms with Gasteiger partial charge in [-0.2, -0.15) is 0 Å². The van der Waals surface area contributed by atoms with E-state index in [4.69, 9.17) is 9.47 Å². The molecule has 148 valence electrons. The second-order valence-corrected chi connectivity index (χ2v) is 6.18. The van der Waals surface area contributed by atoms with Gasteiger partial charge in [0.1, 0.15) is 5.75 Å². The highest BCUT2D eigenvalue weighted by molar-refractivity contribution is 6.06. The number of likely N-dealkylation sites (N-methyl/N-ethyl adjacent to an activating group) is 1. The van der Waals surface area contributed by atoms with E-state index in [9.17, 15) is 19.5 Å². The molecule has 0 heterocycles. The largest absolute Gasteiger partial charge is 0.483 e. The van der Waals surface area contributed by atoms with Gasteiger partial charge in [0.25, 0.3) is 11.8 Å². The molecular formula is C20H22N2O6. The van der Waals surface area contributed by atoms with E-state index in [1.165, 1.54) is 24.1 Å². The number of aromatic carboxylic acids is 1. The maximum absolute atomic E-state index is 12.7. The number of rotatable bonds is 8. The van der Waals surface area contributed by atoms with Gasteiger partial charge in [0.2, 0.25) is 0 Å². The van der Waals surface area contributed by atoms with Gasteiger partial charge in [0.05, 0.1) is 17.7 Å². The van der Waals surface area contributed by atoms with Gasteiger partial charge in [-0.3, -0.25) is 9.59 Å². The lowest BCUT2D eigenvalue weighted by molar-refractivity contribution is -0.130. The van der Waals surface area contributed by atoms with Crippen molar-refractivity contribution in [1.29, 1.82) is 0 Å². The minimum absolute atomic E-state index is 0.0333. The molecule has 0 radical (unpaired) electrons. The summed E-state index contributed by atoms with van der Waals surface area (Å²) in [5.41, 5.74) is 1.18. The lowest BCUT2D eigenvalue weighted by atomic mass is 10.1. The van der Waals surface area contributed by atoms with Gasteiger partial charge >= 0.3 is 5.97 Å². The molecule has 8 nitrogen and oxygen atoms in total. The summed E-state index contributed by atoms with van der Waals surface area (Å²) in [7, 11) is 4.71. The van der Waals surface area contributed by atoms with Crippen molar-refractivity contribution in [2.45, 2.75) is 6.61 Å². The van der Waals surface area contributed by atoms with Gasteiger partial charge < -0.3 is 24.8 Å². The Bertz CT molecular complexity index is 879. The normalized spacial score (nSPS) is 10.2. The number of nitrogens with zero attached hydrogens (tertiary/aromatic N) is 1. The van der Waals surface area contributed by atoms with Crippen LogP contribution in [0.15, 0.2) is 42.5 Å². The summed E-state index contributed by atoms with van der Waals surface area (Å²) in [6, 6.07) is 11.0. The van der Waals surface area contributed by atoms with Crippen LogP contribution in [0.3, 0.4) is 0 Å². The molecular weight excluding hydrogens is 364 g/mol. The Kier molecular flexibility index (Phi) is 7.11. The molecule has 2 N–H and O–H groups in total. The lowest BCUT2D eigenvalue weighted by Gasteiger charge is -2.14. The fourth-order valence-electron chi connectivity index (χ4n) is 2.38. The first-order valence-corrected chi connectivity index (χ1v) is 8.41.